The zero-order chi connectivity index (χ0) is 13.1. The maximum absolute atomic E-state index is 10.7. The maximum Gasteiger partial charge on any atom is 0.302 e. The third-order valence-electron chi connectivity index (χ3n) is 3.33. The lowest BCUT2D eigenvalue weighted by Crippen LogP contribution is -2.56. The molecule has 1 aliphatic rings. The Labute approximate surface area is 100 Å². The number of hydrogen-bond acceptors (Lipinski definition) is 6. The molecular formula is C11H20O6. The predicted octanol–water partition coefficient (Wildman–Crippen LogP) is -0.186. The SMILES string of the molecule is COC1(OC)CC[C@](O)(COC(C)=O)[C@@H](O)C1. The monoisotopic (exact) mass is 248 g/mol. The fourth-order valence-electron chi connectivity index (χ4n) is 2.01. The Balaban J connectivity index is 2.65. The highest BCUT2D eigenvalue weighted by Gasteiger charge is 2.49. The second-order valence-corrected chi connectivity index (χ2v) is 4.42. The summed E-state index contributed by atoms with van der Waals surface area (Å²) in [5.41, 5.74) is -1.42. The summed E-state index contributed by atoms with van der Waals surface area (Å²) in [6, 6.07) is 0. The maximum atomic E-state index is 10.7. The van der Waals surface area contributed by atoms with Crippen molar-refractivity contribution in [3.05, 3.63) is 0 Å². The molecule has 0 heterocycles. The molecule has 0 amide bonds. The Morgan fingerprint density at radius 2 is 1.94 bits per heavy atom. The topological polar surface area (TPSA) is 85.2 Å². The summed E-state index contributed by atoms with van der Waals surface area (Å²) in [6.07, 6.45) is -0.258. The van der Waals surface area contributed by atoms with E-state index in [9.17, 15) is 15.0 Å². The lowest BCUT2D eigenvalue weighted by Gasteiger charge is -2.44. The molecule has 1 rings (SSSR count). The molecule has 1 aliphatic carbocycles. The number of aliphatic hydroxyl groups is 2. The number of methoxy groups -OCH3 is 2. The molecule has 0 saturated heterocycles. The Bertz CT molecular complexity index is 275. The van der Waals surface area contributed by atoms with Crippen molar-refractivity contribution in [1.29, 1.82) is 0 Å². The van der Waals surface area contributed by atoms with Gasteiger partial charge in [-0.15, -0.1) is 0 Å². The van der Waals surface area contributed by atoms with Crippen LogP contribution in [0.5, 0.6) is 0 Å². The zero-order valence-electron chi connectivity index (χ0n) is 10.4. The van der Waals surface area contributed by atoms with Crippen LogP contribution in [0, 0.1) is 0 Å². The molecule has 0 bridgehead atoms. The van der Waals surface area contributed by atoms with Crippen LogP contribution in [0.25, 0.3) is 0 Å². The number of carbonyl (C=O) groups excluding carboxylic acids is 1. The summed E-state index contributed by atoms with van der Waals surface area (Å²) < 4.78 is 15.2. The van der Waals surface area contributed by atoms with E-state index in [-0.39, 0.29) is 19.4 Å². The van der Waals surface area contributed by atoms with E-state index in [1.165, 1.54) is 21.1 Å². The minimum atomic E-state index is -1.42. The number of hydrogen-bond donors (Lipinski definition) is 2. The average molecular weight is 248 g/mol. The van der Waals surface area contributed by atoms with E-state index < -0.39 is 23.5 Å². The van der Waals surface area contributed by atoms with E-state index in [0.29, 0.717) is 6.42 Å². The van der Waals surface area contributed by atoms with Gasteiger partial charge in [-0.1, -0.05) is 0 Å². The van der Waals surface area contributed by atoms with Crippen molar-refractivity contribution in [2.45, 2.75) is 43.7 Å². The van der Waals surface area contributed by atoms with E-state index in [2.05, 4.69) is 0 Å². The van der Waals surface area contributed by atoms with Gasteiger partial charge in [0, 0.05) is 34.0 Å². The normalized spacial score (nSPS) is 32.2. The van der Waals surface area contributed by atoms with Gasteiger partial charge in [0.15, 0.2) is 5.79 Å². The summed E-state index contributed by atoms with van der Waals surface area (Å²) in [5, 5.41) is 20.1. The molecular weight excluding hydrogens is 228 g/mol. The molecule has 1 saturated carbocycles. The van der Waals surface area contributed by atoms with Gasteiger partial charge in [0.25, 0.3) is 0 Å². The van der Waals surface area contributed by atoms with Gasteiger partial charge in [-0.3, -0.25) is 4.79 Å². The first-order valence-corrected chi connectivity index (χ1v) is 5.51. The first-order valence-electron chi connectivity index (χ1n) is 5.51. The quantitative estimate of drug-likeness (QED) is 0.530. The predicted molar refractivity (Wildman–Crippen MR) is 58.2 cm³/mol. The number of ether oxygens (including phenoxy) is 3. The van der Waals surface area contributed by atoms with Crippen LogP contribution in [0.15, 0.2) is 0 Å². The van der Waals surface area contributed by atoms with Gasteiger partial charge in [-0.25, -0.2) is 0 Å². The van der Waals surface area contributed by atoms with Crippen LogP contribution in [-0.2, 0) is 19.0 Å². The average Bonchev–Trinajstić information content (AvgIpc) is 2.31. The second kappa shape index (κ2) is 5.30. The van der Waals surface area contributed by atoms with E-state index in [1.54, 1.807) is 0 Å². The summed E-state index contributed by atoms with van der Waals surface area (Å²) >= 11 is 0. The molecule has 0 radical (unpaired) electrons. The Morgan fingerprint density at radius 3 is 2.35 bits per heavy atom. The largest absolute Gasteiger partial charge is 0.463 e. The van der Waals surface area contributed by atoms with Crippen molar-refractivity contribution in [3.63, 3.8) is 0 Å². The standard InChI is InChI=1S/C11H20O6/c1-8(12)17-7-10(14)4-5-11(15-2,16-3)6-9(10)13/h9,13-14H,4-7H2,1-3H3/t9-,10-/m0/s1. The van der Waals surface area contributed by atoms with Crippen molar-refractivity contribution >= 4 is 5.97 Å². The first-order chi connectivity index (χ1) is 7.87. The Kier molecular flexibility index (Phi) is 4.48. The number of esters is 1. The van der Waals surface area contributed by atoms with Crippen molar-refractivity contribution < 1.29 is 29.2 Å². The summed E-state index contributed by atoms with van der Waals surface area (Å²) in [4.78, 5) is 10.7. The lowest BCUT2D eigenvalue weighted by molar-refractivity contribution is -0.271. The highest BCUT2D eigenvalue weighted by molar-refractivity contribution is 5.65. The third-order valence-corrected chi connectivity index (χ3v) is 3.33. The summed E-state index contributed by atoms with van der Waals surface area (Å²) in [7, 11) is 2.99. The molecule has 2 atom stereocenters. The Hall–Kier alpha value is -0.690. The smallest absolute Gasteiger partial charge is 0.302 e. The lowest BCUT2D eigenvalue weighted by atomic mass is 9.79. The number of carbonyl (C=O) groups is 1. The molecule has 0 aromatic rings. The highest BCUT2D eigenvalue weighted by atomic mass is 16.7. The van der Waals surface area contributed by atoms with Crippen molar-refractivity contribution in [1.82, 2.24) is 0 Å². The summed E-state index contributed by atoms with van der Waals surface area (Å²) in [5.74, 6) is -1.36. The van der Waals surface area contributed by atoms with E-state index >= 15 is 0 Å². The van der Waals surface area contributed by atoms with Gasteiger partial charge in [-0.05, 0) is 6.42 Å². The van der Waals surface area contributed by atoms with E-state index in [0.717, 1.165) is 0 Å². The van der Waals surface area contributed by atoms with Gasteiger partial charge < -0.3 is 24.4 Å². The molecule has 100 valence electrons. The summed E-state index contributed by atoms with van der Waals surface area (Å²) in [6.45, 7) is 1.04. The van der Waals surface area contributed by atoms with Crippen LogP contribution in [-0.4, -0.2) is 54.5 Å². The first kappa shape index (κ1) is 14.4. The van der Waals surface area contributed by atoms with Gasteiger partial charge >= 0.3 is 5.97 Å². The van der Waals surface area contributed by atoms with Crippen LogP contribution in [0.3, 0.4) is 0 Å². The van der Waals surface area contributed by atoms with Gasteiger partial charge in [0.1, 0.15) is 12.2 Å². The Morgan fingerprint density at radius 1 is 1.35 bits per heavy atom. The minimum Gasteiger partial charge on any atom is -0.463 e. The fraction of sp³-hybridized carbons (Fsp3) is 0.909. The molecule has 2 N–H and O–H groups in total. The molecule has 6 nitrogen and oxygen atoms in total. The molecule has 1 fully saturated rings. The van der Waals surface area contributed by atoms with Gasteiger partial charge in [0.2, 0.25) is 0 Å². The van der Waals surface area contributed by atoms with Crippen LogP contribution in [0.2, 0.25) is 0 Å². The number of rotatable bonds is 4. The third kappa shape index (κ3) is 3.16. The molecule has 6 heteroatoms. The van der Waals surface area contributed by atoms with Gasteiger partial charge in [-0.2, -0.15) is 0 Å². The minimum absolute atomic E-state index is 0.137. The van der Waals surface area contributed by atoms with Crippen LogP contribution >= 0.6 is 0 Å². The molecule has 0 aliphatic heterocycles. The van der Waals surface area contributed by atoms with Gasteiger partial charge in [0.05, 0.1) is 6.10 Å². The molecule has 0 aromatic heterocycles. The molecule has 17 heavy (non-hydrogen) atoms. The van der Waals surface area contributed by atoms with Crippen LogP contribution in [0.1, 0.15) is 26.2 Å². The highest BCUT2D eigenvalue weighted by Crippen LogP contribution is 2.37. The van der Waals surface area contributed by atoms with Crippen LogP contribution in [0.4, 0.5) is 0 Å². The van der Waals surface area contributed by atoms with Crippen molar-refractivity contribution in [3.8, 4) is 0 Å². The van der Waals surface area contributed by atoms with Crippen molar-refractivity contribution in [2.75, 3.05) is 20.8 Å². The van der Waals surface area contributed by atoms with E-state index in [1.807, 2.05) is 0 Å². The molecule has 0 spiro atoms. The fourth-order valence-corrected chi connectivity index (χ4v) is 2.01. The zero-order valence-corrected chi connectivity index (χ0v) is 10.4. The van der Waals surface area contributed by atoms with Crippen molar-refractivity contribution in [2.24, 2.45) is 0 Å². The molecule has 0 aromatic carbocycles. The second-order valence-electron chi connectivity index (χ2n) is 4.42. The van der Waals surface area contributed by atoms with Crippen LogP contribution < -0.4 is 0 Å². The van der Waals surface area contributed by atoms with E-state index in [4.69, 9.17) is 14.2 Å². The molecule has 0 unspecified atom stereocenters. The number of aliphatic hydroxyl groups excluding tert-OH is 1.